The first kappa shape index (κ1) is 24.0. The Morgan fingerprint density at radius 3 is 2.43 bits per heavy atom. The van der Waals surface area contributed by atoms with Crippen LogP contribution in [0.15, 0.2) is 24.4 Å². The summed E-state index contributed by atoms with van der Waals surface area (Å²) in [5.41, 5.74) is 0.415. The molecule has 0 fully saturated rings. The predicted molar refractivity (Wildman–Crippen MR) is 101 cm³/mol. The van der Waals surface area contributed by atoms with Gasteiger partial charge in [0, 0.05) is 24.1 Å². The van der Waals surface area contributed by atoms with E-state index in [1.807, 2.05) is 11.9 Å². The number of benzene rings is 1. The second kappa shape index (κ2) is 10.2. The van der Waals surface area contributed by atoms with Crippen molar-refractivity contribution in [2.24, 2.45) is 0 Å². The number of aromatic amines is 1. The molecule has 0 atom stereocenters. The molecule has 4 nitrogen and oxygen atoms in total. The van der Waals surface area contributed by atoms with Gasteiger partial charge in [0.2, 0.25) is 0 Å². The number of rotatable bonds is 10. The van der Waals surface area contributed by atoms with Gasteiger partial charge >= 0.3 is 12.4 Å². The van der Waals surface area contributed by atoms with Gasteiger partial charge in [-0.2, -0.15) is 31.4 Å². The Morgan fingerprint density at radius 1 is 1.07 bits per heavy atom. The predicted octanol–water partition coefficient (Wildman–Crippen LogP) is 6.05. The molecule has 0 spiro atoms. The number of nitrogens with one attached hydrogen (secondary N) is 1. The van der Waals surface area contributed by atoms with Crippen LogP contribution in [0, 0.1) is 0 Å². The van der Waals surface area contributed by atoms with E-state index in [9.17, 15) is 26.3 Å². The van der Waals surface area contributed by atoms with Gasteiger partial charge in [0.15, 0.2) is 0 Å². The van der Waals surface area contributed by atoms with Crippen LogP contribution in [0.25, 0.3) is 11.3 Å². The van der Waals surface area contributed by atoms with E-state index in [-0.39, 0.29) is 24.3 Å². The molecule has 1 N–H and O–H groups in total. The number of halogens is 6. The molecule has 0 saturated heterocycles. The molecule has 1 aromatic heterocycles. The van der Waals surface area contributed by atoms with Gasteiger partial charge in [-0.15, -0.1) is 0 Å². The largest absolute Gasteiger partial charge is 0.494 e. The summed E-state index contributed by atoms with van der Waals surface area (Å²) in [5, 5.41) is 6.69. The van der Waals surface area contributed by atoms with Gasteiger partial charge in [-0.25, -0.2) is 0 Å². The zero-order valence-corrected chi connectivity index (χ0v) is 16.8. The molecule has 30 heavy (non-hydrogen) atoms. The fourth-order valence-corrected chi connectivity index (χ4v) is 2.93. The van der Waals surface area contributed by atoms with Crippen LogP contribution in [0.1, 0.15) is 43.7 Å². The standard InChI is InChI=1S/C20H25F6N3O/c1-3-4-7-29(2)13-15-12-27-28-18(15)14-9-16(20(24,25)26)11-17(10-14)30-8-5-6-19(21,22)23/h9-12H,3-8,13H2,1-2H3,(H,27,28). The molecular formula is C20H25F6N3O. The summed E-state index contributed by atoms with van der Waals surface area (Å²) >= 11 is 0. The second-order valence-corrected chi connectivity index (χ2v) is 7.17. The summed E-state index contributed by atoms with van der Waals surface area (Å²) in [6.45, 7) is 3.05. The Bertz CT molecular complexity index is 801. The first-order chi connectivity index (χ1) is 14.0. The van der Waals surface area contributed by atoms with Crippen LogP contribution in [0.2, 0.25) is 0 Å². The topological polar surface area (TPSA) is 41.2 Å². The Kier molecular flexibility index (Phi) is 8.17. The lowest BCUT2D eigenvalue weighted by Gasteiger charge is -2.17. The fraction of sp³-hybridized carbons (Fsp3) is 0.550. The highest BCUT2D eigenvalue weighted by atomic mass is 19.4. The van der Waals surface area contributed by atoms with Crippen LogP contribution < -0.4 is 4.74 Å². The number of ether oxygens (including phenoxy) is 1. The van der Waals surface area contributed by atoms with E-state index < -0.39 is 24.3 Å². The third-order valence-corrected chi connectivity index (χ3v) is 4.45. The Hall–Kier alpha value is -2.23. The van der Waals surface area contributed by atoms with Crippen molar-refractivity contribution in [3.63, 3.8) is 0 Å². The summed E-state index contributed by atoms with van der Waals surface area (Å²) < 4.78 is 82.0. The first-order valence-electron chi connectivity index (χ1n) is 9.62. The first-order valence-corrected chi connectivity index (χ1v) is 9.62. The number of hydrogen-bond donors (Lipinski definition) is 1. The molecule has 1 heterocycles. The molecule has 168 valence electrons. The molecular weight excluding hydrogens is 412 g/mol. The highest BCUT2D eigenvalue weighted by Crippen LogP contribution is 2.36. The minimum atomic E-state index is -4.63. The second-order valence-electron chi connectivity index (χ2n) is 7.17. The van der Waals surface area contributed by atoms with E-state index in [4.69, 9.17) is 4.74 Å². The third kappa shape index (κ3) is 7.55. The summed E-state index contributed by atoms with van der Waals surface area (Å²) in [4.78, 5) is 2.04. The van der Waals surface area contributed by atoms with Gasteiger partial charge < -0.3 is 9.64 Å². The van der Waals surface area contributed by atoms with Crippen LogP contribution in [0.4, 0.5) is 26.3 Å². The van der Waals surface area contributed by atoms with Crippen molar-refractivity contribution in [2.75, 3.05) is 20.2 Å². The number of aromatic nitrogens is 2. The lowest BCUT2D eigenvalue weighted by molar-refractivity contribution is -0.137. The monoisotopic (exact) mass is 437 g/mol. The number of hydrogen-bond acceptors (Lipinski definition) is 3. The average Bonchev–Trinajstić information content (AvgIpc) is 3.10. The fourth-order valence-electron chi connectivity index (χ4n) is 2.93. The van der Waals surface area contributed by atoms with Gasteiger partial charge in [0.1, 0.15) is 5.75 Å². The molecule has 0 saturated carbocycles. The zero-order chi connectivity index (χ0) is 22.4. The van der Waals surface area contributed by atoms with Gasteiger partial charge in [0.05, 0.1) is 24.1 Å². The van der Waals surface area contributed by atoms with Crippen molar-refractivity contribution in [1.29, 1.82) is 0 Å². The van der Waals surface area contributed by atoms with Crippen molar-refractivity contribution >= 4 is 0 Å². The molecule has 0 amide bonds. The van der Waals surface area contributed by atoms with Gasteiger partial charge in [-0.1, -0.05) is 13.3 Å². The molecule has 0 aliphatic heterocycles. The Labute approximate surface area is 171 Å². The normalized spacial score (nSPS) is 12.6. The molecule has 2 aromatic rings. The maximum absolute atomic E-state index is 13.3. The minimum Gasteiger partial charge on any atom is -0.494 e. The molecule has 0 bridgehead atoms. The lowest BCUT2D eigenvalue weighted by Crippen LogP contribution is -2.19. The molecule has 0 aliphatic carbocycles. The smallest absolute Gasteiger partial charge is 0.416 e. The number of alkyl halides is 6. The van der Waals surface area contributed by atoms with Crippen LogP contribution in [-0.4, -0.2) is 41.5 Å². The van der Waals surface area contributed by atoms with Crippen LogP contribution >= 0.6 is 0 Å². The Balaban J connectivity index is 2.24. The highest BCUT2D eigenvalue weighted by molar-refractivity contribution is 5.65. The van der Waals surface area contributed by atoms with E-state index in [0.717, 1.165) is 37.1 Å². The average molecular weight is 437 g/mol. The number of H-pyrrole nitrogens is 1. The third-order valence-electron chi connectivity index (χ3n) is 4.45. The van der Waals surface area contributed by atoms with E-state index in [1.165, 1.54) is 6.07 Å². The molecule has 1 aromatic carbocycles. The molecule has 2 rings (SSSR count). The van der Waals surface area contributed by atoms with Crippen LogP contribution in [0.3, 0.4) is 0 Å². The lowest BCUT2D eigenvalue weighted by atomic mass is 10.0. The van der Waals surface area contributed by atoms with Gasteiger partial charge in [0.25, 0.3) is 0 Å². The van der Waals surface area contributed by atoms with Crippen LogP contribution in [0.5, 0.6) is 5.75 Å². The van der Waals surface area contributed by atoms with Gasteiger partial charge in [-0.3, -0.25) is 5.10 Å². The van der Waals surface area contributed by atoms with Crippen molar-refractivity contribution in [2.45, 2.75) is 51.5 Å². The minimum absolute atomic E-state index is 0.137. The summed E-state index contributed by atoms with van der Waals surface area (Å²) in [7, 11) is 1.91. The van der Waals surface area contributed by atoms with Crippen molar-refractivity contribution < 1.29 is 31.1 Å². The maximum atomic E-state index is 13.3. The van der Waals surface area contributed by atoms with Gasteiger partial charge in [-0.05, 0) is 44.6 Å². The van der Waals surface area contributed by atoms with Crippen LogP contribution in [-0.2, 0) is 12.7 Å². The quantitative estimate of drug-likeness (QED) is 0.364. The SMILES string of the molecule is CCCCN(C)Cc1cn[nH]c1-c1cc(OCCCC(F)(F)F)cc(C(F)(F)F)c1. The number of nitrogens with zero attached hydrogens (tertiary/aromatic N) is 2. The summed E-state index contributed by atoms with van der Waals surface area (Å²) in [5.74, 6) is -0.137. The molecule has 0 radical (unpaired) electrons. The van der Waals surface area contributed by atoms with E-state index in [2.05, 4.69) is 17.1 Å². The van der Waals surface area contributed by atoms with Crippen molar-refractivity contribution in [3.8, 4) is 17.0 Å². The highest BCUT2D eigenvalue weighted by Gasteiger charge is 2.32. The zero-order valence-electron chi connectivity index (χ0n) is 16.8. The maximum Gasteiger partial charge on any atom is 0.416 e. The number of unbranched alkanes of at least 4 members (excludes halogenated alkanes) is 1. The molecule has 0 unspecified atom stereocenters. The van der Waals surface area contributed by atoms with E-state index in [1.54, 1.807) is 6.20 Å². The molecule has 10 heteroatoms. The van der Waals surface area contributed by atoms with Crippen molar-refractivity contribution in [1.82, 2.24) is 15.1 Å². The summed E-state index contributed by atoms with van der Waals surface area (Å²) in [6.07, 6.45) is -6.80. The molecule has 0 aliphatic rings. The summed E-state index contributed by atoms with van der Waals surface area (Å²) in [6, 6.07) is 3.15. The Morgan fingerprint density at radius 2 is 1.80 bits per heavy atom. The van der Waals surface area contributed by atoms with Crippen molar-refractivity contribution in [3.05, 3.63) is 35.5 Å². The van der Waals surface area contributed by atoms with E-state index >= 15 is 0 Å². The van der Waals surface area contributed by atoms with E-state index in [0.29, 0.717) is 12.2 Å².